The second-order valence-electron chi connectivity index (χ2n) is 2.41. The number of hydrogen-bond donors (Lipinski definition) is 0. The SMILES string of the molecule is CCC(C#N)n1cc(OC)cn1. The quantitative estimate of drug-likeness (QED) is 0.679. The highest BCUT2D eigenvalue weighted by Crippen LogP contribution is 2.13. The normalized spacial score (nSPS) is 12.1. The fraction of sp³-hybridized carbons (Fsp3) is 0.500. The van der Waals surface area contributed by atoms with Crippen LogP contribution in [-0.2, 0) is 0 Å². The van der Waals surface area contributed by atoms with E-state index in [0.717, 1.165) is 6.42 Å². The summed E-state index contributed by atoms with van der Waals surface area (Å²) in [6, 6.07) is 1.96. The van der Waals surface area contributed by atoms with E-state index >= 15 is 0 Å². The zero-order valence-electron chi connectivity index (χ0n) is 7.19. The molecule has 0 radical (unpaired) electrons. The van der Waals surface area contributed by atoms with E-state index in [9.17, 15) is 0 Å². The molecule has 0 amide bonds. The first kappa shape index (κ1) is 8.60. The number of nitrogens with zero attached hydrogens (tertiary/aromatic N) is 3. The molecule has 0 aliphatic heterocycles. The Balaban J connectivity index is 2.81. The van der Waals surface area contributed by atoms with Crippen molar-refractivity contribution in [3.8, 4) is 11.8 Å². The van der Waals surface area contributed by atoms with Crippen LogP contribution < -0.4 is 4.74 Å². The third-order valence-corrected chi connectivity index (χ3v) is 1.67. The molecule has 0 aliphatic rings. The van der Waals surface area contributed by atoms with Crippen LogP contribution in [0.15, 0.2) is 12.4 Å². The number of aromatic nitrogens is 2. The van der Waals surface area contributed by atoms with Crippen molar-refractivity contribution in [2.45, 2.75) is 19.4 Å². The molecule has 0 aromatic carbocycles. The lowest BCUT2D eigenvalue weighted by Gasteiger charge is -2.04. The summed E-state index contributed by atoms with van der Waals surface area (Å²) in [5, 5.41) is 12.7. The van der Waals surface area contributed by atoms with Crippen LogP contribution in [0, 0.1) is 11.3 Å². The van der Waals surface area contributed by atoms with E-state index in [2.05, 4.69) is 11.2 Å². The van der Waals surface area contributed by atoms with Crippen molar-refractivity contribution in [1.82, 2.24) is 9.78 Å². The Bertz CT molecular complexity index is 287. The zero-order chi connectivity index (χ0) is 8.97. The van der Waals surface area contributed by atoms with Crippen LogP contribution in [0.3, 0.4) is 0 Å². The highest BCUT2D eigenvalue weighted by Gasteiger charge is 2.07. The predicted molar refractivity (Wildman–Crippen MR) is 43.7 cm³/mol. The Morgan fingerprint density at radius 2 is 2.58 bits per heavy atom. The Hall–Kier alpha value is -1.50. The monoisotopic (exact) mass is 165 g/mol. The van der Waals surface area contributed by atoms with Gasteiger partial charge in [0.05, 0.1) is 25.6 Å². The molecule has 64 valence electrons. The summed E-state index contributed by atoms with van der Waals surface area (Å²) >= 11 is 0. The average molecular weight is 165 g/mol. The van der Waals surface area contributed by atoms with Crippen LogP contribution >= 0.6 is 0 Å². The van der Waals surface area contributed by atoms with Gasteiger partial charge in [-0.25, -0.2) is 0 Å². The van der Waals surface area contributed by atoms with E-state index in [4.69, 9.17) is 10.00 Å². The number of nitriles is 1. The largest absolute Gasteiger partial charge is 0.493 e. The first-order valence-electron chi connectivity index (χ1n) is 3.79. The summed E-state index contributed by atoms with van der Waals surface area (Å²) in [6.07, 6.45) is 4.07. The molecule has 0 spiro atoms. The molecule has 0 saturated heterocycles. The molecular formula is C8H11N3O. The van der Waals surface area contributed by atoms with Crippen molar-refractivity contribution in [2.75, 3.05) is 7.11 Å². The topological polar surface area (TPSA) is 50.8 Å². The predicted octanol–water partition coefficient (Wildman–Crippen LogP) is 1.37. The minimum Gasteiger partial charge on any atom is -0.493 e. The molecular weight excluding hydrogens is 154 g/mol. The smallest absolute Gasteiger partial charge is 0.156 e. The zero-order valence-corrected chi connectivity index (χ0v) is 7.19. The third-order valence-electron chi connectivity index (χ3n) is 1.67. The molecule has 4 nitrogen and oxygen atoms in total. The fourth-order valence-electron chi connectivity index (χ4n) is 0.934. The van der Waals surface area contributed by atoms with Gasteiger partial charge in [0.2, 0.25) is 0 Å². The molecule has 1 aromatic rings. The van der Waals surface area contributed by atoms with Crippen molar-refractivity contribution >= 4 is 0 Å². The summed E-state index contributed by atoms with van der Waals surface area (Å²) in [5.41, 5.74) is 0. The highest BCUT2D eigenvalue weighted by atomic mass is 16.5. The van der Waals surface area contributed by atoms with Crippen LogP contribution in [-0.4, -0.2) is 16.9 Å². The van der Waals surface area contributed by atoms with Gasteiger partial charge in [-0.05, 0) is 6.42 Å². The summed E-state index contributed by atoms with van der Waals surface area (Å²) < 4.78 is 6.55. The molecule has 4 heteroatoms. The van der Waals surface area contributed by atoms with Crippen molar-refractivity contribution in [2.24, 2.45) is 0 Å². The van der Waals surface area contributed by atoms with Gasteiger partial charge in [0.1, 0.15) is 6.04 Å². The molecule has 0 saturated carbocycles. The number of rotatable bonds is 3. The van der Waals surface area contributed by atoms with Crippen molar-refractivity contribution < 1.29 is 4.74 Å². The van der Waals surface area contributed by atoms with E-state index in [1.807, 2.05) is 6.92 Å². The minimum atomic E-state index is -0.186. The van der Waals surface area contributed by atoms with Gasteiger partial charge < -0.3 is 4.74 Å². The highest BCUT2D eigenvalue weighted by molar-refractivity contribution is 5.12. The van der Waals surface area contributed by atoms with E-state index in [0.29, 0.717) is 5.75 Å². The van der Waals surface area contributed by atoms with Gasteiger partial charge in [-0.15, -0.1) is 0 Å². The standard InChI is InChI=1S/C8H11N3O/c1-3-7(4-9)11-6-8(12-2)5-10-11/h5-7H,3H2,1-2H3. The fourth-order valence-corrected chi connectivity index (χ4v) is 0.934. The van der Waals surface area contributed by atoms with Gasteiger partial charge in [-0.3, -0.25) is 4.68 Å². The van der Waals surface area contributed by atoms with E-state index < -0.39 is 0 Å². The van der Waals surface area contributed by atoms with Gasteiger partial charge in [-0.1, -0.05) is 6.92 Å². The lowest BCUT2D eigenvalue weighted by molar-refractivity contribution is 0.413. The number of methoxy groups -OCH3 is 1. The maximum absolute atomic E-state index is 8.71. The lowest BCUT2D eigenvalue weighted by Crippen LogP contribution is -2.05. The van der Waals surface area contributed by atoms with E-state index in [1.54, 1.807) is 24.2 Å². The molecule has 0 fully saturated rings. The van der Waals surface area contributed by atoms with Crippen molar-refractivity contribution in [3.05, 3.63) is 12.4 Å². The van der Waals surface area contributed by atoms with Crippen LogP contribution in [0.1, 0.15) is 19.4 Å². The minimum absolute atomic E-state index is 0.186. The summed E-state index contributed by atoms with van der Waals surface area (Å²) in [5.74, 6) is 0.684. The second kappa shape index (κ2) is 3.77. The van der Waals surface area contributed by atoms with E-state index in [1.165, 1.54) is 0 Å². The van der Waals surface area contributed by atoms with E-state index in [-0.39, 0.29) is 6.04 Å². The molecule has 1 atom stereocenters. The maximum atomic E-state index is 8.71. The molecule has 0 aliphatic carbocycles. The maximum Gasteiger partial charge on any atom is 0.156 e. The van der Waals surface area contributed by atoms with Gasteiger partial charge in [0.15, 0.2) is 5.75 Å². The van der Waals surface area contributed by atoms with Crippen LogP contribution in [0.2, 0.25) is 0 Å². The molecule has 0 N–H and O–H groups in total. The van der Waals surface area contributed by atoms with Gasteiger partial charge in [-0.2, -0.15) is 10.4 Å². The van der Waals surface area contributed by atoms with Crippen LogP contribution in [0.25, 0.3) is 0 Å². The Kier molecular flexibility index (Phi) is 2.70. The summed E-state index contributed by atoms with van der Waals surface area (Å²) in [4.78, 5) is 0. The molecule has 1 heterocycles. The summed E-state index contributed by atoms with van der Waals surface area (Å²) in [7, 11) is 1.58. The third kappa shape index (κ3) is 1.56. The van der Waals surface area contributed by atoms with Crippen LogP contribution in [0.4, 0.5) is 0 Å². The molecule has 1 rings (SSSR count). The Morgan fingerprint density at radius 1 is 1.83 bits per heavy atom. The second-order valence-corrected chi connectivity index (χ2v) is 2.41. The number of hydrogen-bond acceptors (Lipinski definition) is 3. The first-order chi connectivity index (χ1) is 5.81. The average Bonchev–Trinajstić information content (AvgIpc) is 2.55. The molecule has 0 bridgehead atoms. The van der Waals surface area contributed by atoms with Gasteiger partial charge in [0, 0.05) is 0 Å². The Morgan fingerprint density at radius 3 is 3.00 bits per heavy atom. The van der Waals surface area contributed by atoms with Gasteiger partial charge >= 0.3 is 0 Å². The molecule has 1 unspecified atom stereocenters. The first-order valence-corrected chi connectivity index (χ1v) is 3.79. The van der Waals surface area contributed by atoms with Crippen LogP contribution in [0.5, 0.6) is 5.75 Å². The summed E-state index contributed by atoms with van der Waals surface area (Å²) in [6.45, 7) is 1.95. The molecule has 12 heavy (non-hydrogen) atoms. The lowest BCUT2D eigenvalue weighted by atomic mass is 10.3. The number of ether oxygens (including phenoxy) is 1. The van der Waals surface area contributed by atoms with Crippen molar-refractivity contribution in [3.63, 3.8) is 0 Å². The molecule has 1 aromatic heterocycles. The Labute approximate surface area is 71.4 Å². The van der Waals surface area contributed by atoms with Crippen molar-refractivity contribution in [1.29, 1.82) is 5.26 Å². The van der Waals surface area contributed by atoms with Gasteiger partial charge in [0.25, 0.3) is 0 Å².